The summed E-state index contributed by atoms with van der Waals surface area (Å²) >= 11 is 2.07. The summed E-state index contributed by atoms with van der Waals surface area (Å²) in [7, 11) is 0. The summed E-state index contributed by atoms with van der Waals surface area (Å²) in [6.07, 6.45) is -2.81. The van der Waals surface area contributed by atoms with E-state index in [9.17, 15) is 13.2 Å². The smallest absolute Gasteiger partial charge is 0.286 e. The highest BCUT2D eigenvalue weighted by atomic mass is 127. The Morgan fingerprint density at radius 1 is 1.24 bits per heavy atom. The summed E-state index contributed by atoms with van der Waals surface area (Å²) in [4.78, 5) is 0. The van der Waals surface area contributed by atoms with Crippen LogP contribution >= 0.6 is 22.6 Å². The summed E-state index contributed by atoms with van der Waals surface area (Å²) in [5.41, 5.74) is -1.61. The van der Waals surface area contributed by atoms with Crippen LogP contribution in [0.4, 0.5) is 13.2 Å². The highest BCUT2D eigenvalue weighted by Crippen LogP contribution is 2.39. The molecule has 2 aromatic rings. The van der Waals surface area contributed by atoms with Gasteiger partial charge in [0.15, 0.2) is 11.5 Å². The van der Waals surface area contributed by atoms with Gasteiger partial charge in [-0.25, -0.2) is 0 Å². The van der Waals surface area contributed by atoms with E-state index >= 15 is 0 Å². The van der Waals surface area contributed by atoms with Gasteiger partial charge in [0.1, 0.15) is 5.41 Å². The number of hydrogen-bond donors (Lipinski definition) is 0. The maximum atomic E-state index is 12.9. The van der Waals surface area contributed by atoms with Crippen LogP contribution in [0.3, 0.4) is 0 Å². The molecule has 0 N–H and O–H groups in total. The van der Waals surface area contributed by atoms with Gasteiger partial charge in [0.05, 0.1) is 0 Å². The average Bonchev–Trinajstić information content (AvgIpc) is 2.58. The molecule has 0 spiro atoms. The molecule has 0 amide bonds. The van der Waals surface area contributed by atoms with Crippen molar-refractivity contribution in [2.75, 3.05) is 0 Å². The number of pyridine rings is 1. The molecule has 2 rings (SSSR count). The van der Waals surface area contributed by atoms with Gasteiger partial charge in [-0.05, 0) is 48.6 Å². The summed E-state index contributed by atoms with van der Waals surface area (Å²) in [6, 6.07) is 3.40. The minimum Gasteiger partial charge on any atom is -0.286 e. The van der Waals surface area contributed by atoms with E-state index in [0.717, 1.165) is 17.4 Å². The zero-order valence-electron chi connectivity index (χ0n) is 9.09. The number of hydrogen-bond acceptors (Lipinski definition) is 2. The van der Waals surface area contributed by atoms with Crippen molar-refractivity contribution in [1.82, 2.24) is 14.6 Å². The second-order valence-corrected chi connectivity index (χ2v) is 5.47. The molecule has 0 bridgehead atoms. The van der Waals surface area contributed by atoms with Gasteiger partial charge in [0, 0.05) is 9.77 Å². The van der Waals surface area contributed by atoms with Crippen molar-refractivity contribution in [2.24, 2.45) is 0 Å². The quantitative estimate of drug-likeness (QED) is 0.736. The fourth-order valence-corrected chi connectivity index (χ4v) is 1.86. The van der Waals surface area contributed by atoms with Crippen molar-refractivity contribution < 1.29 is 13.2 Å². The molecule has 92 valence electrons. The first kappa shape index (κ1) is 12.6. The van der Waals surface area contributed by atoms with Crippen molar-refractivity contribution in [3.63, 3.8) is 0 Å². The lowest BCUT2D eigenvalue weighted by Gasteiger charge is -2.25. The second-order valence-electron chi connectivity index (χ2n) is 4.22. The Morgan fingerprint density at radius 2 is 1.88 bits per heavy atom. The van der Waals surface area contributed by atoms with Gasteiger partial charge in [-0.1, -0.05) is 0 Å². The highest BCUT2D eigenvalue weighted by molar-refractivity contribution is 14.1. The Kier molecular flexibility index (Phi) is 2.83. The Bertz CT molecular complexity index is 559. The number of fused-ring (bicyclic) bond motifs is 1. The first-order valence-electron chi connectivity index (χ1n) is 4.81. The lowest BCUT2D eigenvalue weighted by Crippen LogP contribution is -2.38. The molecule has 0 aliphatic carbocycles. The maximum Gasteiger partial charge on any atom is 0.400 e. The molecule has 17 heavy (non-hydrogen) atoms. The Labute approximate surface area is 109 Å². The van der Waals surface area contributed by atoms with Crippen molar-refractivity contribution in [2.45, 2.75) is 25.4 Å². The van der Waals surface area contributed by atoms with E-state index in [4.69, 9.17) is 0 Å². The molecular weight excluding hydrogens is 346 g/mol. The summed E-state index contributed by atoms with van der Waals surface area (Å²) in [5, 5.41) is 7.43. The lowest BCUT2D eigenvalue weighted by atomic mass is 9.92. The zero-order chi connectivity index (χ0) is 12.8. The predicted octanol–water partition coefficient (Wildman–Crippen LogP) is 3.17. The molecule has 0 unspecified atom stereocenters. The second kappa shape index (κ2) is 3.82. The third-order valence-electron chi connectivity index (χ3n) is 2.64. The molecule has 0 aliphatic heterocycles. The van der Waals surface area contributed by atoms with Crippen LogP contribution in [0.25, 0.3) is 5.65 Å². The Hall–Kier alpha value is -0.860. The van der Waals surface area contributed by atoms with Gasteiger partial charge in [-0.3, -0.25) is 4.40 Å². The third kappa shape index (κ3) is 2.00. The van der Waals surface area contributed by atoms with Crippen LogP contribution in [0.15, 0.2) is 18.3 Å². The first-order chi connectivity index (χ1) is 7.73. The van der Waals surface area contributed by atoms with Gasteiger partial charge in [-0.15, -0.1) is 10.2 Å². The largest absolute Gasteiger partial charge is 0.400 e. The minimum atomic E-state index is -4.36. The monoisotopic (exact) mass is 355 g/mol. The van der Waals surface area contributed by atoms with Crippen LogP contribution in [-0.4, -0.2) is 20.8 Å². The lowest BCUT2D eigenvalue weighted by molar-refractivity contribution is -0.182. The van der Waals surface area contributed by atoms with Crippen LogP contribution in [0.2, 0.25) is 0 Å². The van der Waals surface area contributed by atoms with E-state index in [-0.39, 0.29) is 5.82 Å². The van der Waals surface area contributed by atoms with E-state index in [1.54, 1.807) is 18.3 Å². The predicted molar refractivity (Wildman–Crippen MR) is 64.8 cm³/mol. The molecule has 3 nitrogen and oxygen atoms in total. The van der Waals surface area contributed by atoms with E-state index in [1.165, 1.54) is 4.40 Å². The number of nitrogens with zero attached hydrogens (tertiary/aromatic N) is 3. The first-order valence-corrected chi connectivity index (χ1v) is 5.89. The fourth-order valence-electron chi connectivity index (χ4n) is 1.42. The molecule has 2 aromatic heterocycles. The number of alkyl halides is 3. The number of halogens is 4. The third-order valence-corrected chi connectivity index (χ3v) is 3.31. The molecule has 2 heterocycles. The Balaban J connectivity index is 2.65. The van der Waals surface area contributed by atoms with Crippen molar-refractivity contribution in [3.05, 3.63) is 27.7 Å². The minimum absolute atomic E-state index is 0.101. The molecular formula is C10H9F3IN3. The van der Waals surface area contributed by atoms with Gasteiger partial charge in [-0.2, -0.15) is 13.2 Å². The van der Waals surface area contributed by atoms with Gasteiger partial charge < -0.3 is 0 Å². The van der Waals surface area contributed by atoms with Gasteiger partial charge >= 0.3 is 6.18 Å². The number of rotatable bonds is 1. The van der Waals surface area contributed by atoms with Crippen LogP contribution in [0, 0.1) is 3.57 Å². The molecule has 7 heteroatoms. The summed E-state index contributed by atoms with van der Waals surface area (Å²) in [5.74, 6) is -0.101. The summed E-state index contributed by atoms with van der Waals surface area (Å²) < 4.78 is 41.0. The van der Waals surface area contributed by atoms with Crippen LogP contribution in [-0.2, 0) is 5.41 Å². The molecule has 0 saturated heterocycles. The van der Waals surface area contributed by atoms with Gasteiger partial charge in [0.25, 0.3) is 0 Å². The topological polar surface area (TPSA) is 30.2 Å². The SMILES string of the molecule is CC(C)(c1nnc2cc(I)ccn12)C(F)(F)F. The molecule has 0 fully saturated rings. The summed E-state index contributed by atoms with van der Waals surface area (Å²) in [6.45, 7) is 2.20. The molecule has 0 radical (unpaired) electrons. The molecule has 0 saturated carbocycles. The molecule has 0 aliphatic rings. The van der Waals surface area contributed by atoms with E-state index < -0.39 is 11.6 Å². The van der Waals surface area contributed by atoms with Gasteiger partial charge in [0.2, 0.25) is 0 Å². The van der Waals surface area contributed by atoms with E-state index in [2.05, 4.69) is 32.8 Å². The standard InChI is InChI=1S/C10H9F3IN3/c1-9(2,10(11,12)13)8-16-15-7-5-6(14)3-4-17(7)8/h3-5H,1-2H3. The number of aromatic nitrogens is 3. The average molecular weight is 355 g/mol. The Morgan fingerprint density at radius 3 is 2.47 bits per heavy atom. The molecule has 0 atom stereocenters. The maximum absolute atomic E-state index is 12.9. The van der Waals surface area contributed by atoms with Crippen LogP contribution in [0.5, 0.6) is 0 Å². The zero-order valence-corrected chi connectivity index (χ0v) is 11.2. The van der Waals surface area contributed by atoms with Crippen LogP contribution < -0.4 is 0 Å². The van der Waals surface area contributed by atoms with Crippen molar-refractivity contribution in [3.8, 4) is 0 Å². The van der Waals surface area contributed by atoms with Crippen molar-refractivity contribution in [1.29, 1.82) is 0 Å². The van der Waals surface area contributed by atoms with E-state index in [1.807, 2.05) is 0 Å². The fraction of sp³-hybridized carbons (Fsp3) is 0.400. The normalized spacial score (nSPS) is 13.3. The molecule has 0 aromatic carbocycles. The van der Waals surface area contributed by atoms with Crippen molar-refractivity contribution >= 4 is 28.2 Å². The van der Waals surface area contributed by atoms with E-state index in [0.29, 0.717) is 5.65 Å². The highest BCUT2D eigenvalue weighted by Gasteiger charge is 2.51. The van der Waals surface area contributed by atoms with Crippen LogP contribution in [0.1, 0.15) is 19.7 Å².